The summed E-state index contributed by atoms with van der Waals surface area (Å²) < 4.78 is 28.7. The quantitative estimate of drug-likeness (QED) is 0.449. The third-order valence-electron chi connectivity index (χ3n) is 5.65. The lowest BCUT2D eigenvalue weighted by Gasteiger charge is -2.28. The molecule has 1 fully saturated rings. The first-order chi connectivity index (χ1) is 17.1. The van der Waals surface area contributed by atoms with E-state index < -0.39 is 33.8 Å². The van der Waals surface area contributed by atoms with Crippen molar-refractivity contribution in [3.05, 3.63) is 89.4 Å². The molecule has 0 spiro atoms. The zero-order chi connectivity index (χ0) is 25.9. The maximum absolute atomic E-state index is 13.4. The van der Waals surface area contributed by atoms with Crippen LogP contribution in [0.2, 0.25) is 5.02 Å². The lowest BCUT2D eigenvalue weighted by atomic mass is 10.1. The molecular formula is C25H22ClN3O6S. The fourth-order valence-electron chi connectivity index (χ4n) is 3.84. The summed E-state index contributed by atoms with van der Waals surface area (Å²) in [6, 6.07) is 19.6. The number of hydrogen-bond acceptors (Lipinski definition) is 6. The minimum absolute atomic E-state index is 0.0153. The van der Waals surface area contributed by atoms with Gasteiger partial charge in [0.1, 0.15) is 11.8 Å². The largest absolute Gasteiger partial charge is 0.484 e. The summed E-state index contributed by atoms with van der Waals surface area (Å²) in [7, 11) is -3.94. The number of amides is 3. The Morgan fingerprint density at radius 1 is 1.00 bits per heavy atom. The van der Waals surface area contributed by atoms with Crippen LogP contribution in [0.25, 0.3) is 0 Å². The monoisotopic (exact) mass is 527 g/mol. The summed E-state index contributed by atoms with van der Waals surface area (Å²) in [5.41, 5.74) is 0.772. The van der Waals surface area contributed by atoms with Gasteiger partial charge in [-0.05, 0) is 48.0 Å². The van der Waals surface area contributed by atoms with Crippen LogP contribution in [0.1, 0.15) is 12.0 Å². The fraction of sp³-hybridized carbons (Fsp3) is 0.160. The standard InChI is InChI=1S/C25H22ClN3O6S/c26-21-9-5-4-6-17(21)15-28(24(31)16-35-19-7-2-1-3-8-19)22-14-23(30)29(25(22)32)18-10-12-20(13-11-18)36(27,33)34/h1-13,22H,14-16H2,(H2,27,33,34). The van der Waals surface area contributed by atoms with Crippen LogP contribution < -0.4 is 14.8 Å². The maximum atomic E-state index is 13.4. The fourth-order valence-corrected chi connectivity index (χ4v) is 4.55. The van der Waals surface area contributed by atoms with Gasteiger partial charge in [-0.1, -0.05) is 48.0 Å². The molecule has 1 aliphatic heterocycles. The van der Waals surface area contributed by atoms with E-state index in [-0.39, 0.29) is 30.2 Å². The van der Waals surface area contributed by atoms with Crippen molar-refractivity contribution >= 4 is 45.0 Å². The molecule has 0 aliphatic carbocycles. The van der Waals surface area contributed by atoms with Gasteiger partial charge < -0.3 is 9.64 Å². The topological polar surface area (TPSA) is 127 Å². The number of halogens is 1. The molecule has 36 heavy (non-hydrogen) atoms. The molecule has 3 amide bonds. The maximum Gasteiger partial charge on any atom is 0.261 e. The van der Waals surface area contributed by atoms with E-state index in [1.165, 1.54) is 29.2 Å². The van der Waals surface area contributed by atoms with Crippen molar-refractivity contribution < 1.29 is 27.5 Å². The molecule has 3 aromatic rings. The Morgan fingerprint density at radius 2 is 1.64 bits per heavy atom. The van der Waals surface area contributed by atoms with Gasteiger partial charge >= 0.3 is 0 Å². The number of para-hydroxylation sites is 1. The van der Waals surface area contributed by atoms with Crippen LogP contribution in [0.15, 0.2) is 83.8 Å². The van der Waals surface area contributed by atoms with Crippen LogP contribution in [-0.4, -0.2) is 43.7 Å². The highest BCUT2D eigenvalue weighted by molar-refractivity contribution is 7.89. The number of carbonyl (C=O) groups excluding carboxylic acids is 3. The Bertz CT molecular complexity index is 1400. The predicted octanol–water partition coefficient (Wildman–Crippen LogP) is 2.73. The van der Waals surface area contributed by atoms with E-state index in [1.807, 2.05) is 6.07 Å². The molecule has 4 rings (SSSR count). The van der Waals surface area contributed by atoms with E-state index in [0.29, 0.717) is 16.3 Å². The van der Waals surface area contributed by atoms with Crippen molar-refractivity contribution in [3.63, 3.8) is 0 Å². The number of nitrogens with zero attached hydrogens (tertiary/aromatic N) is 2. The van der Waals surface area contributed by atoms with Crippen molar-refractivity contribution in [2.75, 3.05) is 11.5 Å². The summed E-state index contributed by atoms with van der Waals surface area (Å²) in [5.74, 6) is -1.18. The van der Waals surface area contributed by atoms with E-state index in [4.69, 9.17) is 21.5 Å². The molecule has 0 radical (unpaired) electrons. The van der Waals surface area contributed by atoms with Crippen molar-refractivity contribution in [2.45, 2.75) is 23.9 Å². The van der Waals surface area contributed by atoms with Gasteiger partial charge in [0.05, 0.1) is 17.0 Å². The van der Waals surface area contributed by atoms with Gasteiger partial charge in [-0.25, -0.2) is 18.5 Å². The summed E-state index contributed by atoms with van der Waals surface area (Å²) in [6.07, 6.45) is -0.253. The second-order valence-electron chi connectivity index (χ2n) is 8.04. The van der Waals surface area contributed by atoms with E-state index in [1.54, 1.807) is 48.5 Å². The number of primary sulfonamides is 1. The van der Waals surface area contributed by atoms with Gasteiger partial charge in [0.2, 0.25) is 15.9 Å². The normalized spacial score (nSPS) is 15.7. The lowest BCUT2D eigenvalue weighted by molar-refractivity contribution is -0.140. The molecule has 0 aromatic heterocycles. The average molecular weight is 528 g/mol. The van der Waals surface area contributed by atoms with Crippen LogP contribution in [0.5, 0.6) is 5.75 Å². The van der Waals surface area contributed by atoms with Crippen LogP contribution in [-0.2, 0) is 31.0 Å². The number of hydrogen-bond donors (Lipinski definition) is 1. The third kappa shape index (κ3) is 5.56. The van der Waals surface area contributed by atoms with Gasteiger partial charge in [-0.2, -0.15) is 0 Å². The smallest absolute Gasteiger partial charge is 0.261 e. The van der Waals surface area contributed by atoms with Gasteiger partial charge in [0.25, 0.3) is 11.8 Å². The summed E-state index contributed by atoms with van der Waals surface area (Å²) in [5, 5.41) is 5.53. The minimum Gasteiger partial charge on any atom is -0.484 e. The first-order valence-corrected chi connectivity index (χ1v) is 12.8. The number of anilines is 1. The predicted molar refractivity (Wildman–Crippen MR) is 133 cm³/mol. The van der Waals surface area contributed by atoms with Crippen LogP contribution in [0.3, 0.4) is 0 Å². The van der Waals surface area contributed by atoms with Crippen LogP contribution in [0.4, 0.5) is 5.69 Å². The summed E-state index contributed by atoms with van der Waals surface area (Å²) in [4.78, 5) is 41.6. The molecule has 1 heterocycles. The summed E-state index contributed by atoms with van der Waals surface area (Å²) in [6.45, 7) is -0.367. The first-order valence-electron chi connectivity index (χ1n) is 10.9. The Balaban J connectivity index is 1.60. The molecule has 1 saturated heterocycles. The Kier molecular flexibility index (Phi) is 7.39. The van der Waals surface area contributed by atoms with E-state index >= 15 is 0 Å². The molecule has 11 heteroatoms. The minimum atomic E-state index is -3.94. The molecular weight excluding hydrogens is 506 g/mol. The van der Waals surface area contributed by atoms with Crippen molar-refractivity contribution in [1.82, 2.24) is 4.90 Å². The van der Waals surface area contributed by atoms with Gasteiger partial charge in [-0.3, -0.25) is 14.4 Å². The number of rotatable bonds is 8. The Labute approximate surface area is 213 Å². The van der Waals surface area contributed by atoms with E-state index in [0.717, 1.165) is 4.90 Å². The first kappa shape index (κ1) is 25.4. The second-order valence-corrected chi connectivity index (χ2v) is 10.0. The zero-order valence-electron chi connectivity index (χ0n) is 18.9. The van der Waals surface area contributed by atoms with E-state index in [2.05, 4.69) is 0 Å². The summed E-state index contributed by atoms with van der Waals surface area (Å²) >= 11 is 6.30. The van der Waals surface area contributed by atoms with Gasteiger partial charge in [-0.15, -0.1) is 0 Å². The van der Waals surface area contributed by atoms with E-state index in [9.17, 15) is 22.8 Å². The molecule has 0 bridgehead atoms. The highest BCUT2D eigenvalue weighted by Crippen LogP contribution is 2.29. The molecule has 1 atom stereocenters. The highest BCUT2D eigenvalue weighted by atomic mass is 35.5. The number of carbonyl (C=O) groups is 3. The second kappa shape index (κ2) is 10.5. The van der Waals surface area contributed by atoms with Crippen molar-refractivity contribution in [3.8, 4) is 5.75 Å². The SMILES string of the molecule is NS(=O)(=O)c1ccc(N2C(=O)CC(N(Cc3ccccc3Cl)C(=O)COc3ccccc3)C2=O)cc1. The molecule has 1 unspecified atom stereocenters. The van der Waals surface area contributed by atoms with Gasteiger partial charge in [0.15, 0.2) is 6.61 Å². The Morgan fingerprint density at radius 3 is 2.28 bits per heavy atom. The number of nitrogens with two attached hydrogens (primary N) is 1. The van der Waals surface area contributed by atoms with Crippen LogP contribution in [0, 0.1) is 0 Å². The average Bonchev–Trinajstić information content (AvgIpc) is 3.15. The molecule has 9 nitrogen and oxygen atoms in total. The molecule has 2 N–H and O–H groups in total. The molecule has 3 aromatic carbocycles. The molecule has 186 valence electrons. The Hall–Kier alpha value is -3.73. The van der Waals surface area contributed by atoms with Crippen molar-refractivity contribution in [1.29, 1.82) is 0 Å². The van der Waals surface area contributed by atoms with Crippen molar-refractivity contribution in [2.24, 2.45) is 5.14 Å². The molecule has 1 aliphatic rings. The number of sulfonamides is 1. The van der Waals surface area contributed by atoms with Gasteiger partial charge in [0, 0.05) is 11.6 Å². The number of benzene rings is 3. The zero-order valence-corrected chi connectivity index (χ0v) is 20.5. The molecule has 0 saturated carbocycles. The number of ether oxygens (including phenoxy) is 1. The lowest BCUT2D eigenvalue weighted by Crippen LogP contribution is -2.46. The third-order valence-corrected chi connectivity index (χ3v) is 6.94. The van der Waals surface area contributed by atoms with Crippen LogP contribution >= 0.6 is 11.6 Å². The highest BCUT2D eigenvalue weighted by Gasteiger charge is 2.44. The number of imide groups is 1.